The van der Waals surface area contributed by atoms with E-state index in [1.165, 1.54) is 35.5 Å². The number of aromatic nitrogens is 6. The van der Waals surface area contributed by atoms with Crippen LogP contribution >= 0.6 is 0 Å². The molecular formula is C36H34F2N8O3. The lowest BCUT2D eigenvalue weighted by Gasteiger charge is -2.34. The number of nitrogens with zero attached hydrogens (tertiary/aromatic N) is 6. The van der Waals surface area contributed by atoms with Gasteiger partial charge in [0.05, 0.1) is 29.3 Å². The van der Waals surface area contributed by atoms with Crippen molar-refractivity contribution >= 4 is 22.5 Å². The lowest BCUT2D eigenvalue weighted by Crippen LogP contribution is -2.41. The molecule has 1 aliphatic rings. The summed E-state index contributed by atoms with van der Waals surface area (Å²) in [6.45, 7) is 8.09. The smallest absolute Gasteiger partial charge is 0.219 e. The average molecular weight is 665 g/mol. The highest BCUT2D eigenvalue weighted by Crippen LogP contribution is 2.36. The number of ketones is 1. The summed E-state index contributed by atoms with van der Waals surface area (Å²) < 4.78 is 41.6. The van der Waals surface area contributed by atoms with Crippen molar-refractivity contribution in [1.82, 2.24) is 34.6 Å². The Labute approximate surface area is 280 Å². The van der Waals surface area contributed by atoms with Gasteiger partial charge in [-0.1, -0.05) is 6.07 Å². The van der Waals surface area contributed by atoms with Gasteiger partial charge in [0.2, 0.25) is 17.4 Å². The third-order valence-corrected chi connectivity index (χ3v) is 8.80. The Balaban J connectivity index is 1.16. The van der Waals surface area contributed by atoms with E-state index < -0.39 is 17.4 Å². The molecular weight excluding hydrogens is 630 g/mol. The number of halogens is 2. The van der Waals surface area contributed by atoms with Gasteiger partial charge in [0.1, 0.15) is 24.0 Å². The number of fused-ring (bicyclic) bond motifs is 1. The largest absolute Gasteiger partial charge is 0.490 e. The summed E-state index contributed by atoms with van der Waals surface area (Å²) in [5.41, 5.74) is 10.4. The van der Waals surface area contributed by atoms with Crippen LogP contribution < -0.4 is 15.2 Å². The number of piperidine rings is 1. The van der Waals surface area contributed by atoms with Crippen molar-refractivity contribution in [2.24, 2.45) is 0 Å². The van der Waals surface area contributed by atoms with Crippen LogP contribution in [0.3, 0.4) is 0 Å². The molecule has 6 aromatic rings. The minimum absolute atomic E-state index is 0.0175. The molecule has 7 rings (SSSR count). The van der Waals surface area contributed by atoms with E-state index >= 15 is 0 Å². The number of nitrogens with one attached hydrogen (secondary N) is 1. The monoisotopic (exact) mass is 664 g/mol. The van der Waals surface area contributed by atoms with Gasteiger partial charge in [-0.05, 0) is 69.5 Å². The first-order valence-electron chi connectivity index (χ1n) is 16.0. The fraction of sp³-hybridized carbons (Fsp3) is 0.250. The zero-order valence-electron chi connectivity index (χ0n) is 27.2. The van der Waals surface area contributed by atoms with Gasteiger partial charge in [0.25, 0.3) is 0 Å². The van der Waals surface area contributed by atoms with Crippen LogP contribution in [-0.2, 0) is 0 Å². The Morgan fingerprint density at radius 3 is 2.45 bits per heavy atom. The van der Waals surface area contributed by atoms with Gasteiger partial charge in [-0.25, -0.2) is 28.4 Å². The Morgan fingerprint density at radius 2 is 1.76 bits per heavy atom. The van der Waals surface area contributed by atoms with Crippen LogP contribution in [0.25, 0.3) is 27.7 Å². The SMILES string of the molecule is Cc1cc(Oc2c(F)cccc2F)ncc1-n1ncc(C(=O)c2cc3cc(OC4CCN(C(C)C)CC4)c(-c4cncnc4)cc3[nH]2)c1N. The number of nitrogens with two attached hydrogens (primary N) is 1. The van der Waals surface area contributed by atoms with Crippen molar-refractivity contribution < 1.29 is 23.0 Å². The van der Waals surface area contributed by atoms with Crippen LogP contribution in [-0.4, -0.2) is 65.6 Å². The van der Waals surface area contributed by atoms with Gasteiger partial charge in [-0.3, -0.25) is 4.79 Å². The average Bonchev–Trinajstić information content (AvgIpc) is 3.69. The molecule has 13 heteroatoms. The summed E-state index contributed by atoms with van der Waals surface area (Å²) in [7, 11) is 0. The van der Waals surface area contributed by atoms with Gasteiger partial charge >= 0.3 is 0 Å². The van der Waals surface area contributed by atoms with E-state index in [4.69, 9.17) is 15.2 Å². The van der Waals surface area contributed by atoms with Crippen molar-refractivity contribution in [3.8, 4) is 34.2 Å². The molecule has 250 valence electrons. The zero-order valence-corrected chi connectivity index (χ0v) is 27.2. The van der Waals surface area contributed by atoms with Gasteiger partial charge in [-0.2, -0.15) is 5.10 Å². The lowest BCUT2D eigenvalue weighted by atomic mass is 10.0. The number of hydrogen-bond acceptors (Lipinski definition) is 9. The molecule has 1 fully saturated rings. The zero-order chi connectivity index (χ0) is 34.2. The molecule has 0 aliphatic carbocycles. The summed E-state index contributed by atoms with van der Waals surface area (Å²) >= 11 is 0. The maximum atomic E-state index is 14.1. The highest BCUT2D eigenvalue weighted by Gasteiger charge is 2.25. The fourth-order valence-electron chi connectivity index (χ4n) is 6.09. The van der Waals surface area contributed by atoms with Crippen LogP contribution in [0, 0.1) is 18.6 Å². The Kier molecular flexibility index (Phi) is 8.51. The van der Waals surface area contributed by atoms with Crippen LogP contribution in [0.15, 0.2) is 73.6 Å². The second kappa shape index (κ2) is 13.1. The number of nitrogen functional groups attached to an aromatic ring is 1. The van der Waals surface area contributed by atoms with Crippen LogP contribution in [0.5, 0.6) is 17.4 Å². The standard InChI is InChI=1S/C36H34F2N8O3/c1-20(2)45-9-7-24(8-10-45)48-32-13-22-12-30(44-29(22)14-25(32)23-15-40-19-41-16-23)34(47)26-17-43-46(36(26)39)31-18-42-33(11-21(31)3)49-35-27(37)5-4-6-28(35)38/h4-6,11-20,24,44H,7-10,39H2,1-3H3. The summed E-state index contributed by atoms with van der Waals surface area (Å²) in [6.07, 6.45) is 9.64. The molecule has 0 atom stereocenters. The second-order valence-corrected chi connectivity index (χ2v) is 12.3. The number of anilines is 1. The predicted molar refractivity (Wildman–Crippen MR) is 180 cm³/mol. The maximum Gasteiger partial charge on any atom is 0.219 e. The number of hydrogen-bond donors (Lipinski definition) is 2. The lowest BCUT2D eigenvalue weighted by molar-refractivity contribution is 0.0847. The Hall–Kier alpha value is -5.69. The molecule has 11 nitrogen and oxygen atoms in total. The molecule has 0 amide bonds. The predicted octanol–water partition coefficient (Wildman–Crippen LogP) is 6.65. The third-order valence-electron chi connectivity index (χ3n) is 8.80. The first-order valence-corrected chi connectivity index (χ1v) is 16.0. The van der Waals surface area contributed by atoms with Gasteiger partial charge in [-0.15, -0.1) is 0 Å². The quantitative estimate of drug-likeness (QED) is 0.163. The summed E-state index contributed by atoms with van der Waals surface area (Å²) in [5.74, 6) is -1.83. The molecule has 0 unspecified atom stereocenters. The number of benzene rings is 2. The summed E-state index contributed by atoms with van der Waals surface area (Å²) in [6, 6.07) is 11.1. The number of para-hydroxylation sites is 1. The van der Waals surface area contributed by atoms with E-state index in [0.717, 1.165) is 60.1 Å². The molecule has 5 heterocycles. The number of rotatable bonds is 9. The van der Waals surface area contributed by atoms with Crippen molar-refractivity contribution in [3.05, 3.63) is 102 Å². The van der Waals surface area contributed by atoms with Gasteiger partial charge < -0.3 is 25.1 Å². The van der Waals surface area contributed by atoms with Crippen molar-refractivity contribution in [1.29, 1.82) is 0 Å². The minimum atomic E-state index is -0.851. The highest BCUT2D eigenvalue weighted by molar-refractivity contribution is 6.12. The van der Waals surface area contributed by atoms with Crippen molar-refractivity contribution in [2.45, 2.75) is 45.8 Å². The van der Waals surface area contributed by atoms with E-state index in [-0.39, 0.29) is 29.1 Å². The molecule has 3 N–H and O–H groups in total. The van der Waals surface area contributed by atoms with Crippen LogP contribution in [0.1, 0.15) is 48.3 Å². The first kappa shape index (κ1) is 31.9. The van der Waals surface area contributed by atoms with Crippen molar-refractivity contribution in [3.63, 3.8) is 0 Å². The highest BCUT2D eigenvalue weighted by atomic mass is 19.1. The third kappa shape index (κ3) is 6.32. The number of pyridine rings is 1. The number of carbonyl (C=O) groups is 1. The van der Waals surface area contributed by atoms with Crippen molar-refractivity contribution in [2.75, 3.05) is 18.8 Å². The number of aryl methyl sites for hydroxylation is 1. The molecule has 1 aliphatic heterocycles. The Bertz CT molecular complexity index is 2140. The Morgan fingerprint density at radius 1 is 1.02 bits per heavy atom. The van der Waals surface area contributed by atoms with Crippen LogP contribution in [0.2, 0.25) is 0 Å². The first-order chi connectivity index (χ1) is 23.7. The van der Waals surface area contributed by atoms with E-state index in [2.05, 4.69) is 43.8 Å². The van der Waals surface area contributed by atoms with E-state index in [1.54, 1.807) is 25.4 Å². The van der Waals surface area contributed by atoms with Gasteiger partial charge in [0.15, 0.2) is 11.6 Å². The molecule has 0 saturated carbocycles. The van der Waals surface area contributed by atoms with E-state index in [0.29, 0.717) is 28.7 Å². The number of aromatic amines is 1. The number of likely N-dealkylation sites (tertiary alicyclic amines) is 1. The molecule has 0 bridgehead atoms. The number of carbonyl (C=O) groups excluding carboxylic acids is 1. The van der Waals surface area contributed by atoms with Crippen LogP contribution in [0.4, 0.5) is 14.6 Å². The van der Waals surface area contributed by atoms with E-state index in [1.807, 2.05) is 12.1 Å². The van der Waals surface area contributed by atoms with E-state index in [9.17, 15) is 13.6 Å². The second-order valence-electron chi connectivity index (χ2n) is 12.3. The molecule has 0 radical (unpaired) electrons. The summed E-state index contributed by atoms with van der Waals surface area (Å²) in [5, 5.41) is 5.15. The number of ether oxygens (including phenoxy) is 2. The fourth-order valence-corrected chi connectivity index (χ4v) is 6.09. The molecule has 49 heavy (non-hydrogen) atoms. The molecule has 0 spiro atoms. The normalized spacial score (nSPS) is 14.1. The minimum Gasteiger partial charge on any atom is -0.490 e. The maximum absolute atomic E-state index is 14.1. The summed E-state index contributed by atoms with van der Waals surface area (Å²) in [4.78, 5) is 32.1. The molecule has 2 aromatic carbocycles. The number of H-pyrrole nitrogens is 1. The van der Waals surface area contributed by atoms with Gasteiger partial charge in [0, 0.05) is 59.6 Å². The molecule has 1 saturated heterocycles. The topological polar surface area (TPSA) is 137 Å². The molecule has 4 aromatic heterocycles.